The number of rotatable bonds is 4. The second-order valence-corrected chi connectivity index (χ2v) is 3.81. The standard InChI is InChI=1S/C13H13FN2O2/c1-18-5-4-15-13(17)10-6-9-7-11(14)2-3-12(9)16-8-10/h2-3,6-8H,4-5H2,1H3,(H,15,17). The van der Waals surface area contributed by atoms with Crippen LogP contribution < -0.4 is 5.32 Å². The number of pyridine rings is 1. The molecule has 0 aliphatic heterocycles. The van der Waals surface area contributed by atoms with E-state index in [9.17, 15) is 9.18 Å². The summed E-state index contributed by atoms with van der Waals surface area (Å²) in [5.74, 6) is -0.591. The smallest absolute Gasteiger partial charge is 0.252 e. The van der Waals surface area contributed by atoms with E-state index in [2.05, 4.69) is 10.3 Å². The van der Waals surface area contributed by atoms with E-state index in [1.807, 2.05) is 0 Å². The Bertz CT molecular complexity index is 572. The highest BCUT2D eigenvalue weighted by atomic mass is 19.1. The molecule has 0 saturated carbocycles. The number of amides is 1. The lowest BCUT2D eigenvalue weighted by atomic mass is 10.1. The van der Waals surface area contributed by atoms with E-state index in [-0.39, 0.29) is 11.7 Å². The summed E-state index contributed by atoms with van der Waals surface area (Å²) >= 11 is 0. The third-order valence-electron chi connectivity index (χ3n) is 2.50. The van der Waals surface area contributed by atoms with Crippen molar-refractivity contribution in [2.75, 3.05) is 20.3 Å². The van der Waals surface area contributed by atoms with Crippen molar-refractivity contribution in [2.24, 2.45) is 0 Å². The highest BCUT2D eigenvalue weighted by Crippen LogP contribution is 2.14. The molecule has 0 fully saturated rings. The van der Waals surface area contributed by atoms with Gasteiger partial charge in [-0.1, -0.05) is 0 Å². The average Bonchev–Trinajstić information content (AvgIpc) is 2.38. The Labute approximate surface area is 104 Å². The zero-order chi connectivity index (χ0) is 13.0. The van der Waals surface area contributed by atoms with Gasteiger partial charge in [-0.3, -0.25) is 9.78 Å². The predicted molar refractivity (Wildman–Crippen MR) is 65.9 cm³/mol. The first-order chi connectivity index (χ1) is 8.70. The summed E-state index contributed by atoms with van der Waals surface area (Å²) in [5, 5.41) is 3.29. The molecule has 4 nitrogen and oxygen atoms in total. The molecule has 0 radical (unpaired) electrons. The van der Waals surface area contributed by atoms with Gasteiger partial charge in [-0.25, -0.2) is 4.39 Å². The van der Waals surface area contributed by atoms with Gasteiger partial charge in [0.15, 0.2) is 0 Å². The topological polar surface area (TPSA) is 51.2 Å². The lowest BCUT2D eigenvalue weighted by Crippen LogP contribution is -2.26. The fourth-order valence-corrected chi connectivity index (χ4v) is 1.60. The maximum absolute atomic E-state index is 13.1. The molecule has 0 aliphatic carbocycles. The first-order valence-corrected chi connectivity index (χ1v) is 5.53. The summed E-state index contributed by atoms with van der Waals surface area (Å²) in [6.07, 6.45) is 1.47. The lowest BCUT2D eigenvalue weighted by Gasteiger charge is -2.05. The minimum atomic E-state index is -0.346. The van der Waals surface area contributed by atoms with Crippen LogP contribution in [0, 0.1) is 5.82 Å². The maximum atomic E-state index is 13.1. The Morgan fingerprint density at radius 1 is 1.44 bits per heavy atom. The molecule has 0 spiro atoms. The van der Waals surface area contributed by atoms with Crippen LogP contribution in [-0.4, -0.2) is 31.2 Å². The highest BCUT2D eigenvalue weighted by molar-refractivity contribution is 5.97. The Morgan fingerprint density at radius 2 is 2.28 bits per heavy atom. The Morgan fingerprint density at radius 3 is 3.06 bits per heavy atom. The molecule has 2 rings (SSSR count). The van der Waals surface area contributed by atoms with Gasteiger partial charge in [0.2, 0.25) is 0 Å². The second kappa shape index (κ2) is 5.55. The number of carbonyl (C=O) groups is 1. The van der Waals surface area contributed by atoms with E-state index >= 15 is 0 Å². The van der Waals surface area contributed by atoms with Crippen molar-refractivity contribution in [1.29, 1.82) is 0 Å². The molecule has 0 saturated heterocycles. The van der Waals surface area contributed by atoms with Gasteiger partial charge in [-0.05, 0) is 24.3 Å². The molecule has 1 N–H and O–H groups in total. The van der Waals surface area contributed by atoms with Gasteiger partial charge in [0, 0.05) is 25.2 Å². The fourth-order valence-electron chi connectivity index (χ4n) is 1.60. The van der Waals surface area contributed by atoms with Crippen LogP contribution in [0.4, 0.5) is 4.39 Å². The number of halogens is 1. The average molecular weight is 248 g/mol. The number of nitrogens with one attached hydrogen (secondary N) is 1. The molecule has 1 amide bonds. The lowest BCUT2D eigenvalue weighted by molar-refractivity contribution is 0.0937. The molecule has 2 aromatic rings. The van der Waals surface area contributed by atoms with Gasteiger partial charge >= 0.3 is 0 Å². The Balaban J connectivity index is 2.21. The molecule has 0 unspecified atom stereocenters. The van der Waals surface area contributed by atoms with Crippen LogP contribution in [0.1, 0.15) is 10.4 Å². The van der Waals surface area contributed by atoms with E-state index < -0.39 is 0 Å². The molecule has 0 bridgehead atoms. The predicted octanol–water partition coefficient (Wildman–Crippen LogP) is 1.75. The SMILES string of the molecule is COCCNC(=O)c1cnc2ccc(F)cc2c1. The number of hydrogen-bond donors (Lipinski definition) is 1. The van der Waals surface area contributed by atoms with Gasteiger partial charge in [0.1, 0.15) is 5.82 Å². The van der Waals surface area contributed by atoms with Gasteiger partial charge in [-0.15, -0.1) is 0 Å². The van der Waals surface area contributed by atoms with Crippen molar-refractivity contribution in [3.63, 3.8) is 0 Å². The first kappa shape index (κ1) is 12.4. The van der Waals surface area contributed by atoms with Crippen molar-refractivity contribution in [3.8, 4) is 0 Å². The fraction of sp³-hybridized carbons (Fsp3) is 0.231. The molecule has 1 heterocycles. The van der Waals surface area contributed by atoms with Crippen molar-refractivity contribution < 1.29 is 13.9 Å². The quantitative estimate of drug-likeness (QED) is 0.839. The molecule has 0 atom stereocenters. The first-order valence-electron chi connectivity index (χ1n) is 5.53. The van der Waals surface area contributed by atoms with E-state index in [0.29, 0.717) is 29.6 Å². The molecule has 1 aromatic carbocycles. The minimum Gasteiger partial charge on any atom is -0.383 e. The van der Waals surface area contributed by atoms with Crippen LogP contribution in [0.2, 0.25) is 0 Å². The molecule has 18 heavy (non-hydrogen) atoms. The number of ether oxygens (including phenoxy) is 1. The van der Waals surface area contributed by atoms with Gasteiger partial charge in [-0.2, -0.15) is 0 Å². The highest BCUT2D eigenvalue weighted by Gasteiger charge is 2.07. The van der Waals surface area contributed by atoms with E-state index in [1.165, 1.54) is 18.3 Å². The summed E-state index contributed by atoms with van der Waals surface area (Å²) in [6.45, 7) is 0.873. The molecular formula is C13H13FN2O2. The van der Waals surface area contributed by atoms with E-state index in [4.69, 9.17) is 4.74 Å². The van der Waals surface area contributed by atoms with Crippen molar-refractivity contribution >= 4 is 16.8 Å². The maximum Gasteiger partial charge on any atom is 0.252 e. The number of hydrogen-bond acceptors (Lipinski definition) is 3. The van der Waals surface area contributed by atoms with E-state index in [1.54, 1.807) is 19.2 Å². The summed E-state index contributed by atoms with van der Waals surface area (Å²) in [6, 6.07) is 5.90. The van der Waals surface area contributed by atoms with Gasteiger partial charge < -0.3 is 10.1 Å². The number of nitrogens with zero attached hydrogens (tertiary/aromatic N) is 1. The summed E-state index contributed by atoms with van der Waals surface area (Å²) < 4.78 is 17.9. The molecular weight excluding hydrogens is 235 g/mol. The molecule has 94 valence electrons. The van der Waals surface area contributed by atoms with Crippen LogP contribution >= 0.6 is 0 Å². The van der Waals surface area contributed by atoms with Gasteiger partial charge in [0.05, 0.1) is 17.7 Å². The minimum absolute atomic E-state index is 0.245. The zero-order valence-electron chi connectivity index (χ0n) is 9.94. The van der Waals surface area contributed by atoms with Crippen LogP contribution in [0.25, 0.3) is 10.9 Å². The monoisotopic (exact) mass is 248 g/mol. The Hall–Kier alpha value is -2.01. The molecule has 1 aromatic heterocycles. The Kier molecular flexibility index (Phi) is 3.84. The number of fused-ring (bicyclic) bond motifs is 1. The van der Waals surface area contributed by atoms with Crippen LogP contribution in [0.5, 0.6) is 0 Å². The zero-order valence-corrected chi connectivity index (χ0v) is 9.94. The number of carbonyl (C=O) groups excluding carboxylic acids is 1. The van der Waals surface area contributed by atoms with Crippen LogP contribution in [0.15, 0.2) is 30.5 Å². The second-order valence-electron chi connectivity index (χ2n) is 3.81. The molecule has 5 heteroatoms. The van der Waals surface area contributed by atoms with E-state index in [0.717, 1.165) is 0 Å². The summed E-state index contributed by atoms with van der Waals surface area (Å²) in [4.78, 5) is 15.9. The van der Waals surface area contributed by atoms with Gasteiger partial charge in [0.25, 0.3) is 5.91 Å². The van der Waals surface area contributed by atoms with Crippen molar-refractivity contribution in [1.82, 2.24) is 10.3 Å². The number of methoxy groups -OCH3 is 1. The molecule has 0 aliphatic rings. The summed E-state index contributed by atoms with van der Waals surface area (Å²) in [7, 11) is 1.56. The number of benzene rings is 1. The van der Waals surface area contributed by atoms with Crippen LogP contribution in [0.3, 0.4) is 0 Å². The van der Waals surface area contributed by atoms with Crippen molar-refractivity contribution in [2.45, 2.75) is 0 Å². The summed E-state index contributed by atoms with van der Waals surface area (Å²) in [5.41, 5.74) is 1.06. The third-order valence-corrected chi connectivity index (χ3v) is 2.50. The van der Waals surface area contributed by atoms with Crippen molar-refractivity contribution in [3.05, 3.63) is 41.8 Å². The number of aromatic nitrogens is 1. The third kappa shape index (κ3) is 2.81. The normalized spacial score (nSPS) is 10.6. The van der Waals surface area contributed by atoms with Crippen LogP contribution in [-0.2, 0) is 4.74 Å². The largest absolute Gasteiger partial charge is 0.383 e.